The minimum absolute atomic E-state index is 0.0196. The van der Waals surface area contributed by atoms with E-state index in [0.717, 1.165) is 38.0 Å². The fraction of sp³-hybridized carbons (Fsp3) is 0.500. The van der Waals surface area contributed by atoms with E-state index in [-0.39, 0.29) is 17.6 Å². The highest BCUT2D eigenvalue weighted by atomic mass is 19.4. The number of likely N-dealkylation sites (tertiary alicyclic amines) is 1. The van der Waals surface area contributed by atoms with Gasteiger partial charge in [0.15, 0.2) is 0 Å². The Hall–Kier alpha value is -2.85. The van der Waals surface area contributed by atoms with Crippen LogP contribution in [0.2, 0.25) is 0 Å². The number of nitrogens with two attached hydrogens (primary N) is 1. The molecule has 184 valence electrons. The molecule has 0 spiro atoms. The number of hydrogen-bond donors (Lipinski definition) is 1. The second-order valence-corrected chi connectivity index (χ2v) is 8.90. The Balaban J connectivity index is 1.23. The molecule has 2 aliphatic rings. The van der Waals surface area contributed by atoms with Crippen LogP contribution in [0.4, 0.5) is 19.0 Å². The lowest BCUT2D eigenvalue weighted by Gasteiger charge is -2.38. The van der Waals surface area contributed by atoms with Crippen molar-refractivity contribution in [2.75, 3.05) is 45.0 Å². The van der Waals surface area contributed by atoms with Gasteiger partial charge in [-0.25, -0.2) is 4.98 Å². The van der Waals surface area contributed by atoms with E-state index in [1.54, 1.807) is 18.3 Å². The Bertz CT molecular complexity index is 971. The Kier molecular flexibility index (Phi) is 7.57. The van der Waals surface area contributed by atoms with Gasteiger partial charge in [-0.2, -0.15) is 0 Å². The van der Waals surface area contributed by atoms with Crippen LogP contribution in [0.5, 0.6) is 5.75 Å². The maximum atomic E-state index is 13.1. The van der Waals surface area contributed by atoms with Crippen molar-refractivity contribution in [3.8, 4) is 5.75 Å². The molecule has 4 rings (SSSR count). The fourth-order valence-electron chi connectivity index (χ4n) is 4.67. The molecule has 2 aliphatic heterocycles. The van der Waals surface area contributed by atoms with Crippen LogP contribution >= 0.6 is 0 Å². The summed E-state index contributed by atoms with van der Waals surface area (Å²) < 4.78 is 42.2. The van der Waals surface area contributed by atoms with Gasteiger partial charge < -0.3 is 15.4 Å². The number of halogens is 3. The van der Waals surface area contributed by atoms with Crippen molar-refractivity contribution in [1.29, 1.82) is 0 Å². The molecule has 1 aromatic heterocycles. The number of nitrogens with zero attached hydrogens (tertiary/aromatic N) is 4. The van der Waals surface area contributed by atoms with Crippen molar-refractivity contribution in [1.82, 2.24) is 19.7 Å². The van der Waals surface area contributed by atoms with Crippen molar-refractivity contribution >= 4 is 11.7 Å². The second-order valence-electron chi connectivity index (χ2n) is 8.90. The number of benzene rings is 1. The van der Waals surface area contributed by atoms with Gasteiger partial charge in [-0.05, 0) is 49.7 Å². The zero-order valence-electron chi connectivity index (χ0n) is 19.0. The Morgan fingerprint density at radius 3 is 2.35 bits per heavy atom. The average Bonchev–Trinajstić information content (AvgIpc) is 2.80. The lowest BCUT2D eigenvalue weighted by Crippen LogP contribution is -2.51. The van der Waals surface area contributed by atoms with Crippen LogP contribution in [0.1, 0.15) is 24.0 Å². The molecule has 34 heavy (non-hydrogen) atoms. The van der Waals surface area contributed by atoms with E-state index in [1.165, 1.54) is 12.1 Å². The first-order valence-corrected chi connectivity index (χ1v) is 11.5. The van der Waals surface area contributed by atoms with Gasteiger partial charge in [0.1, 0.15) is 11.6 Å². The molecule has 2 N–H and O–H groups in total. The van der Waals surface area contributed by atoms with Crippen molar-refractivity contribution < 1.29 is 22.7 Å². The molecule has 0 atom stereocenters. The summed E-state index contributed by atoms with van der Waals surface area (Å²) in [5.41, 5.74) is 7.37. The van der Waals surface area contributed by atoms with Crippen molar-refractivity contribution in [2.24, 2.45) is 5.92 Å². The molecule has 0 radical (unpaired) electrons. The first-order chi connectivity index (χ1) is 16.3. The molecule has 7 nitrogen and oxygen atoms in total. The molecule has 0 saturated carbocycles. The monoisotopic (exact) mass is 477 g/mol. The summed E-state index contributed by atoms with van der Waals surface area (Å²) >= 11 is 0. The molecule has 1 aromatic carbocycles. The van der Waals surface area contributed by atoms with Gasteiger partial charge in [-0.3, -0.25) is 14.6 Å². The predicted octanol–water partition coefficient (Wildman–Crippen LogP) is 3.12. The van der Waals surface area contributed by atoms with Crippen LogP contribution in [0.3, 0.4) is 0 Å². The third-order valence-corrected chi connectivity index (χ3v) is 6.46. The summed E-state index contributed by atoms with van der Waals surface area (Å²) in [7, 11) is 0. The molecule has 0 bridgehead atoms. The zero-order valence-corrected chi connectivity index (χ0v) is 19.0. The van der Waals surface area contributed by atoms with E-state index in [9.17, 15) is 18.0 Å². The van der Waals surface area contributed by atoms with Gasteiger partial charge in [0.25, 0.3) is 0 Å². The van der Waals surface area contributed by atoms with Gasteiger partial charge in [0.2, 0.25) is 5.91 Å². The number of carbonyl (C=O) groups excluding carboxylic acids is 1. The first kappa shape index (κ1) is 24.3. The Morgan fingerprint density at radius 2 is 1.68 bits per heavy atom. The number of anilines is 1. The number of amides is 1. The van der Waals surface area contributed by atoms with Crippen LogP contribution in [0, 0.1) is 5.92 Å². The summed E-state index contributed by atoms with van der Waals surface area (Å²) in [6.07, 6.45) is -1.37. The number of ether oxygens (including phenoxy) is 1. The van der Waals surface area contributed by atoms with Crippen LogP contribution in [0.15, 0.2) is 42.6 Å². The maximum Gasteiger partial charge on any atom is 0.573 e. The van der Waals surface area contributed by atoms with E-state index in [0.29, 0.717) is 44.1 Å². The fourth-order valence-corrected chi connectivity index (χ4v) is 4.67. The highest BCUT2D eigenvalue weighted by molar-refractivity contribution is 5.79. The molecule has 2 aromatic rings. The summed E-state index contributed by atoms with van der Waals surface area (Å²) in [5, 5.41) is 0. The lowest BCUT2D eigenvalue weighted by atomic mass is 9.94. The van der Waals surface area contributed by atoms with Crippen molar-refractivity contribution in [3.05, 3.63) is 53.7 Å². The quantitative estimate of drug-likeness (QED) is 0.689. The van der Waals surface area contributed by atoms with E-state index in [4.69, 9.17) is 5.73 Å². The number of carbonyl (C=O) groups is 1. The van der Waals surface area contributed by atoms with Gasteiger partial charge in [0.05, 0.1) is 0 Å². The molecular weight excluding hydrogens is 447 g/mol. The second kappa shape index (κ2) is 10.6. The molecule has 10 heteroatoms. The number of nitrogen functional groups attached to an aromatic ring is 1. The number of aromatic nitrogens is 1. The van der Waals surface area contributed by atoms with E-state index >= 15 is 0 Å². The summed E-state index contributed by atoms with van der Waals surface area (Å²) in [5.74, 6) is 0.548. The van der Waals surface area contributed by atoms with Gasteiger partial charge >= 0.3 is 6.36 Å². The number of pyridine rings is 1. The SMILES string of the molecule is Nc1cc(CN2CCC(C(=O)N3CCN(Cc4ccccc4OC(F)(F)F)CC3)CC2)ccn1. The third-order valence-electron chi connectivity index (χ3n) is 6.46. The number of hydrogen-bond acceptors (Lipinski definition) is 6. The molecule has 2 fully saturated rings. The molecule has 0 aliphatic carbocycles. The van der Waals surface area contributed by atoms with Crippen molar-refractivity contribution in [2.45, 2.75) is 32.3 Å². The number of piperidine rings is 1. The topological polar surface area (TPSA) is 74.9 Å². The number of piperazine rings is 1. The summed E-state index contributed by atoms with van der Waals surface area (Å²) in [6.45, 7) is 5.26. The first-order valence-electron chi connectivity index (χ1n) is 11.5. The van der Waals surface area contributed by atoms with Gasteiger partial charge in [-0.1, -0.05) is 18.2 Å². The lowest BCUT2D eigenvalue weighted by molar-refractivity contribution is -0.275. The number of rotatable bonds is 6. The Labute approximate surface area is 197 Å². The van der Waals surface area contributed by atoms with E-state index in [1.807, 2.05) is 17.0 Å². The maximum absolute atomic E-state index is 13.1. The zero-order chi connectivity index (χ0) is 24.1. The number of para-hydroxylation sites is 1. The molecule has 0 unspecified atom stereocenters. The van der Waals surface area contributed by atoms with Gasteiger partial charge in [-0.15, -0.1) is 13.2 Å². The minimum atomic E-state index is -4.72. The van der Waals surface area contributed by atoms with E-state index < -0.39 is 6.36 Å². The minimum Gasteiger partial charge on any atom is -0.405 e. The standard InChI is InChI=1S/C24H30F3N5O2/c25-24(26,27)34-21-4-2-1-3-20(21)17-31-11-13-32(14-12-31)23(33)19-6-9-30(10-7-19)16-18-5-8-29-22(28)15-18/h1-5,8,15,19H,6-7,9-14,16-17H2,(H2,28,29). The smallest absolute Gasteiger partial charge is 0.405 e. The molecule has 2 saturated heterocycles. The third kappa shape index (κ3) is 6.60. The Morgan fingerprint density at radius 1 is 1.00 bits per heavy atom. The number of alkyl halides is 3. The average molecular weight is 478 g/mol. The summed E-state index contributed by atoms with van der Waals surface area (Å²) in [6, 6.07) is 10.0. The molecule has 3 heterocycles. The van der Waals surface area contributed by atoms with Crippen LogP contribution in [-0.2, 0) is 17.9 Å². The van der Waals surface area contributed by atoms with Crippen molar-refractivity contribution in [3.63, 3.8) is 0 Å². The van der Waals surface area contributed by atoms with E-state index in [2.05, 4.69) is 19.5 Å². The summed E-state index contributed by atoms with van der Waals surface area (Å²) in [4.78, 5) is 23.4. The predicted molar refractivity (Wildman–Crippen MR) is 122 cm³/mol. The highest BCUT2D eigenvalue weighted by Gasteiger charge is 2.33. The molecular formula is C24H30F3N5O2. The molecule has 1 amide bonds. The largest absolute Gasteiger partial charge is 0.573 e. The normalized spacial score (nSPS) is 18.7. The van der Waals surface area contributed by atoms with Crippen LogP contribution in [0.25, 0.3) is 0 Å². The van der Waals surface area contributed by atoms with Crippen LogP contribution < -0.4 is 10.5 Å². The highest BCUT2D eigenvalue weighted by Crippen LogP contribution is 2.28. The van der Waals surface area contributed by atoms with Gasteiger partial charge in [0, 0.05) is 56.9 Å². The van der Waals surface area contributed by atoms with Crippen LogP contribution in [-0.4, -0.2) is 71.2 Å².